The molecule has 18 heavy (non-hydrogen) atoms. The van der Waals surface area contributed by atoms with E-state index in [1.54, 1.807) is 11.3 Å². The second kappa shape index (κ2) is 6.13. The van der Waals surface area contributed by atoms with Crippen molar-refractivity contribution in [3.8, 4) is 0 Å². The number of rotatable bonds is 6. The fourth-order valence-electron chi connectivity index (χ4n) is 2.08. The van der Waals surface area contributed by atoms with E-state index in [0.29, 0.717) is 0 Å². The monoisotopic (exact) mass is 264 g/mol. The molecule has 98 valence electrons. The van der Waals surface area contributed by atoms with Gasteiger partial charge in [0, 0.05) is 18.7 Å². The SMILES string of the molecule is CCc1cc(CC(NN)c2ccsc2)n(CC)n1. The summed E-state index contributed by atoms with van der Waals surface area (Å²) in [4.78, 5) is 0. The molecular formula is C13H20N4S. The summed E-state index contributed by atoms with van der Waals surface area (Å²) in [7, 11) is 0. The number of hydrogen-bond acceptors (Lipinski definition) is 4. The van der Waals surface area contributed by atoms with Crippen molar-refractivity contribution in [2.24, 2.45) is 5.84 Å². The summed E-state index contributed by atoms with van der Waals surface area (Å²) >= 11 is 1.70. The van der Waals surface area contributed by atoms with Gasteiger partial charge in [-0.25, -0.2) is 0 Å². The number of nitrogens with one attached hydrogen (secondary N) is 1. The minimum Gasteiger partial charge on any atom is -0.271 e. The third-order valence-electron chi connectivity index (χ3n) is 3.14. The smallest absolute Gasteiger partial charge is 0.0624 e. The van der Waals surface area contributed by atoms with Crippen molar-refractivity contribution < 1.29 is 0 Å². The van der Waals surface area contributed by atoms with Gasteiger partial charge in [-0.1, -0.05) is 6.92 Å². The van der Waals surface area contributed by atoms with E-state index in [4.69, 9.17) is 5.84 Å². The Labute approximate surface area is 112 Å². The Morgan fingerprint density at radius 1 is 1.50 bits per heavy atom. The molecule has 0 radical (unpaired) electrons. The van der Waals surface area contributed by atoms with Gasteiger partial charge < -0.3 is 0 Å². The van der Waals surface area contributed by atoms with E-state index in [2.05, 4.69) is 51.9 Å². The van der Waals surface area contributed by atoms with E-state index in [0.717, 1.165) is 25.1 Å². The lowest BCUT2D eigenvalue weighted by Crippen LogP contribution is -2.29. The Morgan fingerprint density at radius 3 is 2.89 bits per heavy atom. The molecule has 5 heteroatoms. The molecule has 2 heterocycles. The number of nitrogens with two attached hydrogens (primary N) is 1. The maximum atomic E-state index is 5.67. The average Bonchev–Trinajstić information content (AvgIpc) is 3.04. The second-order valence-corrected chi connectivity index (χ2v) is 5.06. The Kier molecular flexibility index (Phi) is 4.52. The molecule has 0 saturated carbocycles. The number of thiophene rings is 1. The van der Waals surface area contributed by atoms with E-state index >= 15 is 0 Å². The summed E-state index contributed by atoms with van der Waals surface area (Å²) < 4.78 is 2.07. The van der Waals surface area contributed by atoms with Gasteiger partial charge in [0.1, 0.15) is 0 Å². The van der Waals surface area contributed by atoms with Crippen LogP contribution in [0.3, 0.4) is 0 Å². The number of nitrogens with zero attached hydrogens (tertiary/aromatic N) is 2. The van der Waals surface area contributed by atoms with Crippen LogP contribution in [-0.2, 0) is 19.4 Å². The first-order chi connectivity index (χ1) is 8.78. The summed E-state index contributed by atoms with van der Waals surface area (Å²) in [5.74, 6) is 5.67. The molecule has 0 aliphatic heterocycles. The highest BCUT2D eigenvalue weighted by Gasteiger charge is 2.14. The van der Waals surface area contributed by atoms with Crippen LogP contribution in [0.1, 0.15) is 36.8 Å². The minimum atomic E-state index is 0.156. The van der Waals surface area contributed by atoms with E-state index in [9.17, 15) is 0 Å². The Bertz CT molecular complexity index is 475. The Morgan fingerprint density at radius 2 is 2.33 bits per heavy atom. The molecule has 0 saturated heterocycles. The lowest BCUT2D eigenvalue weighted by atomic mass is 10.1. The molecule has 0 bridgehead atoms. The first-order valence-corrected chi connectivity index (χ1v) is 7.26. The summed E-state index contributed by atoms with van der Waals surface area (Å²) in [6.07, 6.45) is 1.84. The highest BCUT2D eigenvalue weighted by molar-refractivity contribution is 7.07. The molecule has 0 fully saturated rings. The molecule has 0 spiro atoms. The van der Waals surface area contributed by atoms with Gasteiger partial charge in [-0.2, -0.15) is 16.4 Å². The molecular weight excluding hydrogens is 244 g/mol. The average molecular weight is 264 g/mol. The molecule has 0 amide bonds. The zero-order chi connectivity index (χ0) is 13.0. The third-order valence-corrected chi connectivity index (χ3v) is 3.84. The van der Waals surface area contributed by atoms with Crippen LogP contribution in [0.15, 0.2) is 22.9 Å². The highest BCUT2D eigenvalue weighted by atomic mass is 32.1. The van der Waals surface area contributed by atoms with Crippen LogP contribution in [-0.4, -0.2) is 9.78 Å². The second-order valence-electron chi connectivity index (χ2n) is 4.28. The van der Waals surface area contributed by atoms with Crippen LogP contribution in [0.2, 0.25) is 0 Å². The molecule has 3 N–H and O–H groups in total. The van der Waals surface area contributed by atoms with E-state index in [-0.39, 0.29) is 6.04 Å². The lowest BCUT2D eigenvalue weighted by molar-refractivity contribution is 0.517. The number of aromatic nitrogens is 2. The maximum absolute atomic E-state index is 5.67. The fraction of sp³-hybridized carbons (Fsp3) is 0.462. The van der Waals surface area contributed by atoms with Crippen molar-refractivity contribution in [2.75, 3.05) is 0 Å². The van der Waals surface area contributed by atoms with Crippen LogP contribution >= 0.6 is 11.3 Å². The quantitative estimate of drug-likeness (QED) is 0.621. The van der Waals surface area contributed by atoms with Crippen LogP contribution in [0.25, 0.3) is 0 Å². The van der Waals surface area contributed by atoms with E-state index in [1.165, 1.54) is 11.3 Å². The van der Waals surface area contributed by atoms with Crippen molar-refractivity contribution >= 4 is 11.3 Å². The van der Waals surface area contributed by atoms with Gasteiger partial charge in [-0.15, -0.1) is 0 Å². The summed E-state index contributed by atoms with van der Waals surface area (Å²) in [5.41, 5.74) is 6.52. The summed E-state index contributed by atoms with van der Waals surface area (Å²) in [5, 5.41) is 8.78. The molecule has 1 atom stereocenters. The summed E-state index contributed by atoms with van der Waals surface area (Å²) in [6.45, 7) is 5.14. The van der Waals surface area contributed by atoms with E-state index in [1.807, 2.05) is 0 Å². The van der Waals surface area contributed by atoms with Gasteiger partial charge >= 0.3 is 0 Å². The standard InChI is InChI=1S/C13H20N4S/c1-3-11-7-12(17(4-2)16-11)8-13(15-14)10-5-6-18-9-10/h5-7,9,13,15H,3-4,8,14H2,1-2H3. The molecule has 2 aromatic heterocycles. The van der Waals surface area contributed by atoms with Crippen LogP contribution in [0.5, 0.6) is 0 Å². The molecule has 2 rings (SSSR count). The number of aryl methyl sites for hydroxylation is 2. The van der Waals surface area contributed by atoms with Gasteiger partial charge in [-0.05, 0) is 41.8 Å². The highest BCUT2D eigenvalue weighted by Crippen LogP contribution is 2.20. The molecule has 2 aromatic rings. The summed E-state index contributed by atoms with van der Waals surface area (Å²) in [6, 6.07) is 4.45. The van der Waals surface area contributed by atoms with Gasteiger partial charge in [0.15, 0.2) is 0 Å². The zero-order valence-electron chi connectivity index (χ0n) is 10.9. The molecule has 0 aromatic carbocycles. The number of hydrazine groups is 1. The minimum absolute atomic E-state index is 0.156. The molecule has 4 nitrogen and oxygen atoms in total. The largest absolute Gasteiger partial charge is 0.271 e. The number of hydrogen-bond donors (Lipinski definition) is 2. The van der Waals surface area contributed by atoms with Crippen molar-refractivity contribution in [1.82, 2.24) is 15.2 Å². The topological polar surface area (TPSA) is 55.9 Å². The molecule has 0 aliphatic rings. The maximum Gasteiger partial charge on any atom is 0.0624 e. The van der Waals surface area contributed by atoms with Crippen molar-refractivity contribution in [1.29, 1.82) is 0 Å². The first kappa shape index (κ1) is 13.3. The molecule has 1 unspecified atom stereocenters. The van der Waals surface area contributed by atoms with Gasteiger partial charge in [0.05, 0.1) is 11.7 Å². The predicted molar refractivity (Wildman–Crippen MR) is 75.4 cm³/mol. The van der Waals surface area contributed by atoms with Gasteiger partial charge in [0.2, 0.25) is 0 Å². The normalized spacial score (nSPS) is 12.8. The lowest BCUT2D eigenvalue weighted by Gasteiger charge is -2.15. The van der Waals surface area contributed by atoms with Crippen molar-refractivity contribution in [3.05, 3.63) is 39.8 Å². The van der Waals surface area contributed by atoms with Crippen molar-refractivity contribution in [3.63, 3.8) is 0 Å². The fourth-order valence-corrected chi connectivity index (χ4v) is 2.80. The van der Waals surface area contributed by atoms with Crippen molar-refractivity contribution in [2.45, 2.75) is 39.3 Å². The Hall–Kier alpha value is -1.17. The zero-order valence-corrected chi connectivity index (χ0v) is 11.7. The van der Waals surface area contributed by atoms with Gasteiger partial charge in [0.25, 0.3) is 0 Å². The van der Waals surface area contributed by atoms with Crippen LogP contribution < -0.4 is 11.3 Å². The predicted octanol–water partition coefficient (Wildman–Crippen LogP) is 2.27. The van der Waals surface area contributed by atoms with Crippen LogP contribution in [0.4, 0.5) is 0 Å². The van der Waals surface area contributed by atoms with Crippen LogP contribution in [0, 0.1) is 0 Å². The Balaban J connectivity index is 2.19. The first-order valence-electron chi connectivity index (χ1n) is 6.32. The van der Waals surface area contributed by atoms with E-state index < -0.39 is 0 Å². The third kappa shape index (κ3) is 2.80. The van der Waals surface area contributed by atoms with Gasteiger partial charge in [-0.3, -0.25) is 16.0 Å². The molecule has 0 aliphatic carbocycles.